The summed E-state index contributed by atoms with van der Waals surface area (Å²) in [6, 6.07) is 5.89. The van der Waals surface area contributed by atoms with E-state index in [0.29, 0.717) is 10.6 Å². The first-order valence-corrected chi connectivity index (χ1v) is 4.49. The maximum absolute atomic E-state index is 12.8. The Balaban J connectivity index is 2.86. The molecule has 0 fully saturated rings. The molecular formula is C10H9ClFNO. The van der Waals surface area contributed by atoms with E-state index in [1.165, 1.54) is 18.2 Å². The third kappa shape index (κ3) is 2.69. The van der Waals surface area contributed by atoms with Gasteiger partial charge in [0, 0.05) is 5.02 Å². The maximum atomic E-state index is 12.8. The van der Waals surface area contributed by atoms with Gasteiger partial charge in [-0.2, -0.15) is 5.26 Å². The first kappa shape index (κ1) is 11.0. The first-order valence-electron chi connectivity index (χ1n) is 4.11. The second-order valence-corrected chi connectivity index (χ2v) is 3.36. The van der Waals surface area contributed by atoms with E-state index in [-0.39, 0.29) is 18.8 Å². The fourth-order valence-electron chi connectivity index (χ4n) is 1.12. The molecule has 0 aliphatic rings. The topological polar surface area (TPSA) is 44.0 Å². The van der Waals surface area contributed by atoms with Crippen LogP contribution in [-0.2, 0) is 6.42 Å². The molecule has 1 rings (SSSR count). The smallest absolute Gasteiger partial charge is 0.123 e. The lowest BCUT2D eigenvalue weighted by molar-refractivity contribution is 0.255. The molecule has 0 aliphatic heterocycles. The molecular weight excluding hydrogens is 205 g/mol. The fraction of sp³-hybridized carbons (Fsp3) is 0.300. The molecule has 0 bridgehead atoms. The van der Waals surface area contributed by atoms with E-state index >= 15 is 0 Å². The van der Waals surface area contributed by atoms with Crippen LogP contribution in [-0.4, -0.2) is 11.7 Å². The third-order valence-electron chi connectivity index (χ3n) is 1.88. The summed E-state index contributed by atoms with van der Waals surface area (Å²) >= 11 is 5.80. The molecule has 0 aliphatic carbocycles. The van der Waals surface area contributed by atoms with E-state index in [4.69, 9.17) is 22.0 Å². The van der Waals surface area contributed by atoms with Gasteiger partial charge in [-0.1, -0.05) is 11.6 Å². The van der Waals surface area contributed by atoms with Crippen molar-refractivity contribution in [3.63, 3.8) is 0 Å². The van der Waals surface area contributed by atoms with Crippen LogP contribution in [0, 0.1) is 23.1 Å². The average Bonchev–Trinajstić information content (AvgIpc) is 2.19. The van der Waals surface area contributed by atoms with Gasteiger partial charge < -0.3 is 5.11 Å². The molecule has 0 aromatic heterocycles. The summed E-state index contributed by atoms with van der Waals surface area (Å²) in [4.78, 5) is 0. The zero-order valence-corrected chi connectivity index (χ0v) is 8.13. The van der Waals surface area contributed by atoms with Crippen LogP contribution in [0.25, 0.3) is 0 Å². The fourth-order valence-corrected chi connectivity index (χ4v) is 1.31. The van der Waals surface area contributed by atoms with Gasteiger partial charge in [0.05, 0.1) is 18.6 Å². The van der Waals surface area contributed by atoms with Crippen molar-refractivity contribution in [1.29, 1.82) is 5.26 Å². The minimum atomic E-state index is -0.533. The monoisotopic (exact) mass is 213 g/mol. The van der Waals surface area contributed by atoms with Gasteiger partial charge in [-0.05, 0) is 30.2 Å². The predicted octanol–water partition coefficient (Wildman–Crippen LogP) is 2.15. The molecule has 14 heavy (non-hydrogen) atoms. The van der Waals surface area contributed by atoms with Crippen LogP contribution < -0.4 is 0 Å². The highest BCUT2D eigenvalue weighted by Crippen LogP contribution is 2.20. The molecule has 0 spiro atoms. The normalized spacial score (nSPS) is 12.1. The molecule has 1 N–H and O–H groups in total. The Hall–Kier alpha value is -1.11. The quantitative estimate of drug-likeness (QED) is 0.836. The summed E-state index contributed by atoms with van der Waals surface area (Å²) < 4.78 is 12.8. The number of hydrogen-bond acceptors (Lipinski definition) is 2. The number of nitrogens with zero attached hydrogens (tertiary/aromatic N) is 1. The second-order valence-electron chi connectivity index (χ2n) is 2.95. The first-order chi connectivity index (χ1) is 6.67. The molecule has 1 unspecified atom stereocenters. The molecule has 2 nitrogen and oxygen atoms in total. The SMILES string of the molecule is N#CC(CO)Cc1cc(F)ccc1Cl. The number of hydrogen-bond donors (Lipinski definition) is 1. The van der Waals surface area contributed by atoms with E-state index in [0.717, 1.165) is 0 Å². The third-order valence-corrected chi connectivity index (χ3v) is 2.25. The van der Waals surface area contributed by atoms with Gasteiger partial charge in [0.2, 0.25) is 0 Å². The van der Waals surface area contributed by atoms with E-state index < -0.39 is 5.92 Å². The molecule has 1 atom stereocenters. The molecule has 74 valence electrons. The Kier molecular flexibility index (Phi) is 3.87. The van der Waals surface area contributed by atoms with Gasteiger partial charge in [-0.25, -0.2) is 4.39 Å². The standard InChI is InChI=1S/C10H9ClFNO/c11-10-2-1-9(12)4-8(10)3-7(5-13)6-14/h1-2,4,7,14H,3,6H2. The highest BCUT2D eigenvalue weighted by atomic mass is 35.5. The van der Waals surface area contributed by atoms with Crippen molar-refractivity contribution >= 4 is 11.6 Å². The van der Waals surface area contributed by atoms with Crippen LogP contribution in [0.5, 0.6) is 0 Å². The minimum absolute atomic E-state index is 0.247. The van der Waals surface area contributed by atoms with Gasteiger partial charge in [0.1, 0.15) is 5.82 Å². The molecule has 1 aromatic carbocycles. The average molecular weight is 214 g/mol. The van der Waals surface area contributed by atoms with Crippen molar-refractivity contribution in [3.05, 3.63) is 34.6 Å². The van der Waals surface area contributed by atoms with Crippen LogP contribution in [0.2, 0.25) is 5.02 Å². The Morgan fingerprint density at radius 1 is 1.57 bits per heavy atom. The Morgan fingerprint density at radius 2 is 2.29 bits per heavy atom. The van der Waals surface area contributed by atoms with Crippen molar-refractivity contribution in [1.82, 2.24) is 0 Å². The van der Waals surface area contributed by atoms with Gasteiger partial charge in [0.25, 0.3) is 0 Å². The van der Waals surface area contributed by atoms with Crippen molar-refractivity contribution in [2.24, 2.45) is 5.92 Å². The minimum Gasteiger partial charge on any atom is -0.395 e. The summed E-state index contributed by atoms with van der Waals surface area (Å²) in [5.74, 6) is -0.923. The molecule has 0 saturated heterocycles. The number of nitriles is 1. The van der Waals surface area contributed by atoms with Gasteiger partial charge in [0.15, 0.2) is 0 Å². The molecule has 0 radical (unpaired) electrons. The van der Waals surface area contributed by atoms with Crippen LogP contribution >= 0.6 is 11.6 Å². The predicted molar refractivity (Wildman–Crippen MR) is 51.3 cm³/mol. The van der Waals surface area contributed by atoms with Crippen LogP contribution in [0.15, 0.2) is 18.2 Å². The lowest BCUT2D eigenvalue weighted by Gasteiger charge is -2.07. The zero-order chi connectivity index (χ0) is 10.6. The number of halogens is 2. The summed E-state index contributed by atoms with van der Waals surface area (Å²) in [5, 5.41) is 17.8. The number of aliphatic hydroxyl groups excluding tert-OH is 1. The van der Waals surface area contributed by atoms with E-state index in [1.54, 1.807) is 0 Å². The van der Waals surface area contributed by atoms with Crippen molar-refractivity contribution in [2.75, 3.05) is 6.61 Å². The van der Waals surface area contributed by atoms with Gasteiger partial charge in [-0.15, -0.1) is 0 Å². The van der Waals surface area contributed by atoms with Gasteiger partial charge in [-0.3, -0.25) is 0 Å². The summed E-state index contributed by atoms with van der Waals surface area (Å²) in [6.45, 7) is -0.247. The molecule has 1 aromatic rings. The Bertz CT molecular complexity index is 362. The van der Waals surface area contributed by atoms with Crippen molar-refractivity contribution in [3.8, 4) is 6.07 Å². The molecule has 4 heteroatoms. The molecule has 0 heterocycles. The van der Waals surface area contributed by atoms with E-state index in [1.807, 2.05) is 6.07 Å². The Labute approximate surface area is 86.5 Å². The second kappa shape index (κ2) is 4.94. The number of rotatable bonds is 3. The van der Waals surface area contributed by atoms with Crippen molar-refractivity contribution in [2.45, 2.75) is 6.42 Å². The van der Waals surface area contributed by atoms with Crippen molar-refractivity contribution < 1.29 is 9.50 Å². The summed E-state index contributed by atoms with van der Waals surface area (Å²) in [7, 11) is 0. The highest BCUT2D eigenvalue weighted by molar-refractivity contribution is 6.31. The largest absolute Gasteiger partial charge is 0.395 e. The summed E-state index contributed by atoms with van der Waals surface area (Å²) in [6.07, 6.45) is 0.267. The van der Waals surface area contributed by atoms with E-state index in [9.17, 15) is 4.39 Å². The van der Waals surface area contributed by atoms with Crippen LogP contribution in [0.1, 0.15) is 5.56 Å². The van der Waals surface area contributed by atoms with Gasteiger partial charge >= 0.3 is 0 Å². The van der Waals surface area contributed by atoms with E-state index in [2.05, 4.69) is 0 Å². The Morgan fingerprint density at radius 3 is 2.86 bits per heavy atom. The van der Waals surface area contributed by atoms with Crippen LogP contribution in [0.3, 0.4) is 0 Å². The number of benzene rings is 1. The summed E-state index contributed by atoms with van der Waals surface area (Å²) in [5.41, 5.74) is 0.548. The maximum Gasteiger partial charge on any atom is 0.123 e. The highest BCUT2D eigenvalue weighted by Gasteiger charge is 2.10. The lowest BCUT2D eigenvalue weighted by Crippen LogP contribution is -2.07. The van der Waals surface area contributed by atoms with Crippen LogP contribution in [0.4, 0.5) is 4.39 Å². The zero-order valence-electron chi connectivity index (χ0n) is 7.37. The molecule has 0 saturated carbocycles. The molecule has 0 amide bonds. The number of aliphatic hydroxyl groups is 1. The lowest BCUT2D eigenvalue weighted by atomic mass is 10.0.